The van der Waals surface area contributed by atoms with Crippen LogP contribution in [0.2, 0.25) is 5.02 Å². The van der Waals surface area contributed by atoms with E-state index in [1.165, 1.54) is 43.3 Å². The molecule has 0 aliphatic carbocycles. The molecule has 0 radical (unpaired) electrons. The lowest BCUT2D eigenvalue weighted by Crippen LogP contribution is -2.37. The monoisotopic (exact) mass is 491 g/mol. The van der Waals surface area contributed by atoms with Crippen LogP contribution in [0.3, 0.4) is 0 Å². The van der Waals surface area contributed by atoms with E-state index in [0.717, 1.165) is 61.8 Å². The van der Waals surface area contributed by atoms with Gasteiger partial charge in [0.2, 0.25) is 0 Å². The van der Waals surface area contributed by atoms with Crippen LogP contribution >= 0.6 is 36.4 Å². The average molecular weight is 493 g/mol. The molecule has 0 bridgehead atoms. The van der Waals surface area contributed by atoms with Crippen molar-refractivity contribution in [1.29, 1.82) is 0 Å². The van der Waals surface area contributed by atoms with E-state index in [1.807, 2.05) is 12.1 Å². The van der Waals surface area contributed by atoms with Crippen LogP contribution in [0.25, 0.3) is 10.9 Å². The Labute approximate surface area is 205 Å². The van der Waals surface area contributed by atoms with Crippen molar-refractivity contribution in [2.45, 2.75) is 65.3 Å². The molecule has 2 heterocycles. The number of hydrogen-bond donors (Lipinski definition) is 2. The van der Waals surface area contributed by atoms with Gasteiger partial charge in [0.05, 0.1) is 5.52 Å². The summed E-state index contributed by atoms with van der Waals surface area (Å²) in [6, 6.07) is 4.65. The van der Waals surface area contributed by atoms with E-state index in [0.29, 0.717) is 6.04 Å². The number of aromatic amines is 1. The highest BCUT2D eigenvalue weighted by atomic mass is 35.5. The molecule has 1 aliphatic rings. The van der Waals surface area contributed by atoms with E-state index in [4.69, 9.17) is 11.6 Å². The number of nitrogens with zero attached hydrogens (tertiary/aromatic N) is 3. The van der Waals surface area contributed by atoms with Crippen LogP contribution in [0, 0.1) is 0 Å². The van der Waals surface area contributed by atoms with Gasteiger partial charge in [-0.2, -0.15) is 5.10 Å². The molecule has 0 spiro atoms. The normalized spacial score (nSPS) is 15.5. The number of halogens is 3. The molecule has 5 nitrogen and oxygen atoms in total. The first kappa shape index (κ1) is 28.3. The number of likely N-dealkylation sites (tertiary alicyclic amines) is 1. The number of aryl methyl sites for hydroxylation is 1. The second-order valence-electron chi connectivity index (χ2n) is 8.31. The number of H-pyrrole nitrogens is 1. The Morgan fingerprint density at radius 2 is 1.87 bits per heavy atom. The van der Waals surface area contributed by atoms with Crippen molar-refractivity contribution >= 4 is 53.1 Å². The van der Waals surface area contributed by atoms with Crippen molar-refractivity contribution in [3.8, 4) is 0 Å². The molecule has 0 saturated carbocycles. The fourth-order valence-electron chi connectivity index (χ4n) is 4.47. The maximum Gasteiger partial charge on any atom is 0.156 e. The van der Waals surface area contributed by atoms with Crippen LogP contribution in [0.5, 0.6) is 0 Å². The number of hydrogen-bond acceptors (Lipinski definition) is 4. The summed E-state index contributed by atoms with van der Waals surface area (Å²) in [5.41, 5.74) is 2.30. The lowest BCUT2D eigenvalue weighted by Gasteiger charge is -2.32. The summed E-state index contributed by atoms with van der Waals surface area (Å²) in [6.07, 6.45) is 7.28. The highest BCUT2D eigenvalue weighted by Gasteiger charge is 2.19. The largest absolute Gasteiger partial charge is 0.368 e. The van der Waals surface area contributed by atoms with Gasteiger partial charge in [0.1, 0.15) is 0 Å². The maximum atomic E-state index is 6.65. The molecule has 1 saturated heterocycles. The van der Waals surface area contributed by atoms with Crippen LogP contribution < -0.4 is 5.32 Å². The molecule has 1 fully saturated rings. The first-order valence-electron chi connectivity index (χ1n) is 11.5. The average Bonchev–Trinajstić information content (AvgIpc) is 3.16. The first-order valence-corrected chi connectivity index (χ1v) is 11.9. The summed E-state index contributed by atoms with van der Waals surface area (Å²) in [5.74, 6) is 0.947. The third kappa shape index (κ3) is 7.68. The fraction of sp³-hybridized carbons (Fsp3) is 0.696. The Kier molecular flexibility index (Phi) is 13.2. The standard InChI is InChI=1S/C23H38ClN5.2ClH/c1-4-28(5-2)15-9-14-25-23-22-19(20(24)12-13-21(22)26-27-23)11-10-18(3)29-16-7-6-8-17-29;;/h12-13,18H,4-11,14-17H2,1-3H3,(H2,25,26,27);2*1H. The molecule has 8 heteroatoms. The van der Waals surface area contributed by atoms with E-state index in [2.05, 4.69) is 46.1 Å². The summed E-state index contributed by atoms with van der Waals surface area (Å²) < 4.78 is 0. The Bertz CT molecular complexity index is 757. The smallest absolute Gasteiger partial charge is 0.156 e. The zero-order chi connectivity index (χ0) is 20.6. The molecule has 1 atom stereocenters. The lowest BCUT2D eigenvalue weighted by molar-refractivity contribution is 0.167. The molecule has 2 aromatic rings. The van der Waals surface area contributed by atoms with E-state index in [1.54, 1.807) is 0 Å². The molecule has 31 heavy (non-hydrogen) atoms. The third-order valence-electron chi connectivity index (χ3n) is 6.44. The number of rotatable bonds is 11. The second kappa shape index (κ2) is 14.4. The second-order valence-corrected chi connectivity index (χ2v) is 8.72. The molecular formula is C23H40Cl3N5. The van der Waals surface area contributed by atoms with Crippen LogP contribution in [-0.4, -0.2) is 65.3 Å². The van der Waals surface area contributed by atoms with E-state index < -0.39 is 0 Å². The van der Waals surface area contributed by atoms with Crippen molar-refractivity contribution < 1.29 is 0 Å². The topological polar surface area (TPSA) is 47.2 Å². The van der Waals surface area contributed by atoms with E-state index in [-0.39, 0.29) is 24.8 Å². The van der Waals surface area contributed by atoms with Gasteiger partial charge < -0.3 is 15.1 Å². The SMILES string of the molecule is CCN(CC)CCCNc1n[nH]c2ccc(Cl)c(CCC(C)N3CCCCC3)c12.Cl.Cl. The van der Waals surface area contributed by atoms with Gasteiger partial charge in [0.15, 0.2) is 5.82 Å². The minimum atomic E-state index is 0. The Hall–Kier alpha value is -0.720. The van der Waals surface area contributed by atoms with E-state index in [9.17, 15) is 0 Å². The van der Waals surface area contributed by atoms with Gasteiger partial charge >= 0.3 is 0 Å². The zero-order valence-electron chi connectivity index (χ0n) is 19.3. The van der Waals surface area contributed by atoms with Crippen molar-refractivity contribution in [1.82, 2.24) is 20.0 Å². The molecule has 1 aromatic heterocycles. The van der Waals surface area contributed by atoms with Gasteiger partial charge in [-0.15, -0.1) is 24.8 Å². The Balaban J connectivity index is 0.00000240. The lowest BCUT2D eigenvalue weighted by atomic mass is 10.00. The van der Waals surface area contributed by atoms with Gasteiger partial charge in [-0.05, 0) is 89.4 Å². The predicted octanol–water partition coefficient (Wildman–Crippen LogP) is 6.01. The van der Waals surface area contributed by atoms with Gasteiger partial charge in [0.25, 0.3) is 0 Å². The minimum Gasteiger partial charge on any atom is -0.368 e. The maximum absolute atomic E-state index is 6.65. The predicted molar refractivity (Wildman–Crippen MR) is 140 cm³/mol. The zero-order valence-corrected chi connectivity index (χ0v) is 21.6. The van der Waals surface area contributed by atoms with Gasteiger partial charge in [-0.3, -0.25) is 5.10 Å². The van der Waals surface area contributed by atoms with Gasteiger partial charge in [0, 0.05) is 23.0 Å². The first-order chi connectivity index (χ1) is 14.1. The number of fused-ring (bicyclic) bond motifs is 1. The van der Waals surface area contributed by atoms with Gasteiger partial charge in [-0.25, -0.2) is 0 Å². The van der Waals surface area contributed by atoms with E-state index >= 15 is 0 Å². The molecule has 178 valence electrons. The number of benzene rings is 1. The van der Waals surface area contributed by atoms with Crippen molar-refractivity contribution in [2.75, 3.05) is 44.6 Å². The molecule has 1 unspecified atom stereocenters. The summed E-state index contributed by atoms with van der Waals surface area (Å²) in [6.45, 7) is 13.5. The minimum absolute atomic E-state index is 0. The fourth-order valence-corrected chi connectivity index (χ4v) is 4.73. The number of piperidine rings is 1. The van der Waals surface area contributed by atoms with Crippen molar-refractivity contribution in [3.05, 3.63) is 22.7 Å². The van der Waals surface area contributed by atoms with Crippen molar-refractivity contribution in [2.24, 2.45) is 0 Å². The van der Waals surface area contributed by atoms with Crippen molar-refractivity contribution in [3.63, 3.8) is 0 Å². The number of aromatic nitrogens is 2. The molecular weight excluding hydrogens is 453 g/mol. The highest BCUT2D eigenvalue weighted by molar-refractivity contribution is 6.32. The van der Waals surface area contributed by atoms with Gasteiger partial charge in [-0.1, -0.05) is 31.9 Å². The summed E-state index contributed by atoms with van der Waals surface area (Å²) in [7, 11) is 0. The number of anilines is 1. The van der Waals surface area contributed by atoms with Crippen LogP contribution in [-0.2, 0) is 6.42 Å². The molecule has 0 amide bonds. The van der Waals surface area contributed by atoms with Crippen LogP contribution in [0.1, 0.15) is 58.4 Å². The Morgan fingerprint density at radius 1 is 1.16 bits per heavy atom. The highest BCUT2D eigenvalue weighted by Crippen LogP contribution is 2.32. The Morgan fingerprint density at radius 3 is 2.55 bits per heavy atom. The summed E-state index contributed by atoms with van der Waals surface area (Å²) >= 11 is 6.65. The number of nitrogens with one attached hydrogen (secondary N) is 2. The third-order valence-corrected chi connectivity index (χ3v) is 6.80. The quantitative estimate of drug-likeness (QED) is 0.377. The molecule has 3 rings (SSSR count). The molecule has 2 N–H and O–H groups in total. The summed E-state index contributed by atoms with van der Waals surface area (Å²) in [4.78, 5) is 5.09. The molecule has 1 aromatic carbocycles. The van der Waals surface area contributed by atoms with Crippen LogP contribution in [0.4, 0.5) is 5.82 Å². The van der Waals surface area contributed by atoms with Crippen LogP contribution in [0.15, 0.2) is 12.1 Å². The molecule has 1 aliphatic heterocycles. The summed E-state index contributed by atoms with van der Waals surface area (Å²) in [5, 5.41) is 13.3.